The molecule has 4 aromatic rings. The Morgan fingerprint density at radius 1 is 1.19 bits per heavy atom. The van der Waals surface area contributed by atoms with Gasteiger partial charge in [-0.3, -0.25) is 9.36 Å². The van der Waals surface area contributed by atoms with Gasteiger partial charge in [-0.25, -0.2) is 9.37 Å². The number of halogens is 2. The lowest BCUT2D eigenvalue weighted by Crippen LogP contribution is -2.20. The predicted molar refractivity (Wildman–Crippen MR) is 127 cm³/mol. The Bertz CT molecular complexity index is 1270. The highest BCUT2D eigenvalue weighted by Crippen LogP contribution is 2.32. The quantitative estimate of drug-likeness (QED) is 0.344. The summed E-state index contributed by atoms with van der Waals surface area (Å²) in [7, 11) is 1.47. The average Bonchev–Trinajstić information content (AvgIpc) is 3.23. The highest BCUT2D eigenvalue weighted by Gasteiger charge is 2.14. The van der Waals surface area contributed by atoms with Crippen molar-refractivity contribution in [2.75, 3.05) is 20.4 Å². The van der Waals surface area contributed by atoms with E-state index in [2.05, 4.69) is 27.6 Å². The van der Waals surface area contributed by atoms with Gasteiger partial charge < -0.3 is 14.6 Å². The van der Waals surface area contributed by atoms with Crippen LogP contribution in [0.1, 0.15) is 0 Å². The molecule has 1 atom stereocenters. The van der Waals surface area contributed by atoms with Gasteiger partial charge in [0.1, 0.15) is 30.4 Å². The van der Waals surface area contributed by atoms with Gasteiger partial charge >= 0.3 is 0 Å². The first-order valence-corrected chi connectivity index (χ1v) is 11.2. The number of alkyl halides is 1. The fourth-order valence-electron chi connectivity index (χ4n) is 3.01. The van der Waals surface area contributed by atoms with Crippen LogP contribution in [0.4, 0.5) is 4.39 Å². The zero-order chi connectivity index (χ0) is 22.0. The molecule has 0 amide bonds. The Kier molecular flexibility index (Phi) is 6.54. The fraction of sp³-hybridized carbons (Fsp3) is 0.182. The number of hydrogen-bond donors (Lipinski definition) is 1. The number of aliphatic hydroxyl groups is 1. The minimum Gasteiger partial charge on any atom is -0.493 e. The maximum absolute atomic E-state index is 13.2. The van der Waals surface area contributed by atoms with Crippen molar-refractivity contribution in [3.05, 3.63) is 68.8 Å². The SMILES string of the molecule is COc1cc(-n2cnc3cc(-c4ccc(I)cc4)sc3c2=O)ccc1OCC(O)CF. The van der Waals surface area contributed by atoms with Gasteiger partial charge in [-0.2, -0.15) is 0 Å². The molecule has 2 aromatic carbocycles. The maximum Gasteiger partial charge on any atom is 0.275 e. The summed E-state index contributed by atoms with van der Waals surface area (Å²) in [5.41, 5.74) is 2.05. The Balaban J connectivity index is 1.70. The average molecular weight is 552 g/mol. The van der Waals surface area contributed by atoms with Crippen LogP contribution in [0.25, 0.3) is 26.3 Å². The Morgan fingerprint density at radius 2 is 1.97 bits per heavy atom. The van der Waals surface area contributed by atoms with E-state index in [-0.39, 0.29) is 12.2 Å². The number of thiophene rings is 1. The van der Waals surface area contributed by atoms with E-state index in [4.69, 9.17) is 9.47 Å². The predicted octanol–water partition coefficient (Wildman–Crippen LogP) is 4.44. The van der Waals surface area contributed by atoms with Gasteiger partial charge in [-0.05, 0) is 58.5 Å². The molecule has 0 radical (unpaired) electrons. The lowest BCUT2D eigenvalue weighted by atomic mass is 10.2. The summed E-state index contributed by atoms with van der Waals surface area (Å²) in [5.74, 6) is 0.708. The van der Waals surface area contributed by atoms with Crippen molar-refractivity contribution in [3.63, 3.8) is 0 Å². The Morgan fingerprint density at radius 3 is 2.68 bits per heavy atom. The summed E-state index contributed by atoms with van der Waals surface area (Å²) >= 11 is 3.65. The molecule has 0 aliphatic carbocycles. The third-order valence-corrected chi connectivity index (χ3v) is 6.48. The molecule has 0 aliphatic heterocycles. The normalized spacial score (nSPS) is 12.1. The molecular weight excluding hydrogens is 534 g/mol. The summed E-state index contributed by atoms with van der Waals surface area (Å²) in [6.07, 6.45) is 0.275. The number of aromatic nitrogens is 2. The third-order valence-electron chi connectivity index (χ3n) is 4.60. The number of nitrogens with zero attached hydrogens (tertiary/aromatic N) is 2. The summed E-state index contributed by atoms with van der Waals surface area (Å²) in [6.45, 7) is -1.09. The van der Waals surface area contributed by atoms with Crippen LogP contribution in [0.2, 0.25) is 0 Å². The molecule has 0 fully saturated rings. The second-order valence-corrected chi connectivity index (χ2v) is 9.00. The van der Waals surface area contributed by atoms with Crippen molar-refractivity contribution < 1.29 is 19.0 Å². The summed E-state index contributed by atoms with van der Waals surface area (Å²) in [4.78, 5) is 18.6. The molecule has 6 nitrogen and oxygen atoms in total. The van der Waals surface area contributed by atoms with Gasteiger partial charge in [0.25, 0.3) is 5.56 Å². The molecule has 1 N–H and O–H groups in total. The molecule has 0 aliphatic rings. The van der Waals surface area contributed by atoms with E-state index in [1.807, 2.05) is 30.3 Å². The van der Waals surface area contributed by atoms with E-state index in [0.717, 1.165) is 14.0 Å². The summed E-state index contributed by atoms with van der Waals surface area (Å²) in [6, 6.07) is 14.9. The first kappa shape index (κ1) is 21.7. The van der Waals surface area contributed by atoms with Crippen LogP contribution in [0.5, 0.6) is 11.5 Å². The van der Waals surface area contributed by atoms with Crippen molar-refractivity contribution in [2.45, 2.75) is 6.10 Å². The number of benzene rings is 2. The van der Waals surface area contributed by atoms with Crippen LogP contribution in [-0.2, 0) is 0 Å². The van der Waals surface area contributed by atoms with Crippen molar-refractivity contribution in [1.82, 2.24) is 9.55 Å². The van der Waals surface area contributed by atoms with Gasteiger partial charge in [0, 0.05) is 14.5 Å². The van der Waals surface area contributed by atoms with Gasteiger partial charge in [0.15, 0.2) is 11.5 Å². The second-order valence-electron chi connectivity index (χ2n) is 6.71. The molecule has 0 saturated carbocycles. The van der Waals surface area contributed by atoms with Crippen LogP contribution in [-0.4, -0.2) is 41.2 Å². The van der Waals surface area contributed by atoms with Crippen LogP contribution in [0.15, 0.2) is 59.7 Å². The molecule has 1 unspecified atom stereocenters. The highest BCUT2D eigenvalue weighted by molar-refractivity contribution is 14.1. The lowest BCUT2D eigenvalue weighted by molar-refractivity contribution is 0.0829. The van der Waals surface area contributed by atoms with Gasteiger partial charge in [0.05, 0.1) is 18.3 Å². The largest absolute Gasteiger partial charge is 0.493 e. The molecule has 0 bridgehead atoms. The summed E-state index contributed by atoms with van der Waals surface area (Å²) < 4.78 is 26.3. The minimum atomic E-state index is -1.21. The van der Waals surface area contributed by atoms with Crippen LogP contribution in [0.3, 0.4) is 0 Å². The highest BCUT2D eigenvalue weighted by atomic mass is 127. The van der Waals surface area contributed by atoms with Crippen molar-refractivity contribution in [1.29, 1.82) is 0 Å². The number of aliphatic hydroxyl groups excluding tert-OH is 1. The molecule has 4 rings (SSSR count). The summed E-state index contributed by atoms with van der Waals surface area (Å²) in [5, 5.41) is 9.36. The number of methoxy groups -OCH3 is 1. The van der Waals surface area contributed by atoms with Gasteiger partial charge in [-0.1, -0.05) is 12.1 Å². The first-order chi connectivity index (χ1) is 15.0. The second kappa shape index (κ2) is 9.33. The van der Waals surface area contributed by atoms with Crippen LogP contribution < -0.4 is 15.0 Å². The molecule has 9 heteroatoms. The van der Waals surface area contributed by atoms with E-state index in [9.17, 15) is 14.3 Å². The van der Waals surface area contributed by atoms with E-state index in [0.29, 0.717) is 27.4 Å². The van der Waals surface area contributed by atoms with E-state index in [1.165, 1.54) is 29.3 Å². The van der Waals surface area contributed by atoms with Crippen molar-refractivity contribution >= 4 is 44.1 Å². The number of fused-ring (bicyclic) bond motifs is 1. The monoisotopic (exact) mass is 552 g/mol. The number of hydrogen-bond acceptors (Lipinski definition) is 6. The molecule has 31 heavy (non-hydrogen) atoms. The molecule has 2 aromatic heterocycles. The Hall–Kier alpha value is -2.50. The molecule has 2 heterocycles. The van der Waals surface area contributed by atoms with E-state index in [1.54, 1.807) is 18.2 Å². The lowest BCUT2D eigenvalue weighted by Gasteiger charge is -2.14. The fourth-order valence-corrected chi connectivity index (χ4v) is 4.41. The topological polar surface area (TPSA) is 73.6 Å². The van der Waals surface area contributed by atoms with Crippen molar-refractivity contribution in [2.24, 2.45) is 0 Å². The molecule has 0 saturated heterocycles. The zero-order valence-electron chi connectivity index (χ0n) is 16.4. The molecule has 0 spiro atoms. The van der Waals surface area contributed by atoms with Gasteiger partial charge in [0.2, 0.25) is 0 Å². The minimum absolute atomic E-state index is 0.185. The Labute approximate surface area is 195 Å². The number of ether oxygens (including phenoxy) is 2. The van der Waals surface area contributed by atoms with E-state index >= 15 is 0 Å². The van der Waals surface area contributed by atoms with Crippen LogP contribution in [0, 0.1) is 3.57 Å². The molecular formula is C22H18FIN2O4S. The smallest absolute Gasteiger partial charge is 0.275 e. The number of rotatable bonds is 7. The molecule has 160 valence electrons. The maximum atomic E-state index is 13.2. The van der Waals surface area contributed by atoms with Crippen LogP contribution >= 0.6 is 33.9 Å². The van der Waals surface area contributed by atoms with E-state index < -0.39 is 12.8 Å². The zero-order valence-corrected chi connectivity index (χ0v) is 19.4. The van der Waals surface area contributed by atoms with Crippen molar-refractivity contribution in [3.8, 4) is 27.6 Å². The first-order valence-electron chi connectivity index (χ1n) is 9.32. The van der Waals surface area contributed by atoms with Gasteiger partial charge in [-0.15, -0.1) is 11.3 Å². The standard InChI is InChI=1S/C22H18FIN2O4S/c1-29-19-8-15(6-7-18(19)30-11-16(27)10-23)26-12-25-17-9-20(31-21(17)22(26)28)13-2-4-14(24)5-3-13/h2-9,12,16,27H,10-11H2,1H3. The third kappa shape index (κ3) is 4.58.